The average Bonchev–Trinajstić information content (AvgIpc) is 2.37. The van der Waals surface area contributed by atoms with Crippen molar-refractivity contribution < 1.29 is 4.74 Å². The highest BCUT2D eigenvalue weighted by atomic mass is 35.5. The van der Waals surface area contributed by atoms with Crippen LogP contribution in [0.4, 0.5) is 5.69 Å². The summed E-state index contributed by atoms with van der Waals surface area (Å²) in [6.45, 7) is 0. The van der Waals surface area contributed by atoms with Crippen LogP contribution in [0.5, 0.6) is 5.75 Å². The molecule has 0 saturated carbocycles. The maximum absolute atomic E-state index is 5.92. The molecule has 0 fully saturated rings. The van der Waals surface area contributed by atoms with Gasteiger partial charge in [0.25, 0.3) is 0 Å². The number of anilines is 1. The highest BCUT2D eigenvalue weighted by molar-refractivity contribution is 7.98. The summed E-state index contributed by atoms with van der Waals surface area (Å²) >= 11 is 7.56. The third-order valence-electron chi connectivity index (χ3n) is 2.34. The van der Waals surface area contributed by atoms with Crippen LogP contribution in [0.2, 0.25) is 5.02 Å². The average molecular weight is 281 g/mol. The number of hydrogen-bond acceptors (Lipinski definition) is 4. The zero-order valence-corrected chi connectivity index (χ0v) is 11.5. The van der Waals surface area contributed by atoms with Gasteiger partial charge in [-0.05, 0) is 24.3 Å². The molecule has 0 aliphatic rings. The van der Waals surface area contributed by atoms with Gasteiger partial charge in [0, 0.05) is 33.6 Å². The quantitative estimate of drug-likeness (QED) is 0.686. The van der Waals surface area contributed by atoms with E-state index in [0.29, 0.717) is 10.7 Å². The highest BCUT2D eigenvalue weighted by Crippen LogP contribution is 2.32. The Morgan fingerprint density at radius 1 is 1.33 bits per heavy atom. The zero-order chi connectivity index (χ0) is 13.0. The van der Waals surface area contributed by atoms with Crippen LogP contribution in [0.15, 0.2) is 41.4 Å². The molecule has 0 atom stereocenters. The summed E-state index contributed by atoms with van der Waals surface area (Å²) in [5, 5.41) is 0.699. The normalized spacial score (nSPS) is 10.3. The highest BCUT2D eigenvalue weighted by Gasteiger charge is 2.05. The van der Waals surface area contributed by atoms with E-state index >= 15 is 0 Å². The second-order valence-electron chi connectivity index (χ2n) is 3.66. The van der Waals surface area contributed by atoms with E-state index < -0.39 is 0 Å². The first-order valence-electron chi connectivity index (χ1n) is 5.36. The number of hydrogen-bond donors (Lipinski definition) is 1. The molecule has 2 aromatic rings. The number of pyridine rings is 1. The van der Waals surface area contributed by atoms with E-state index in [1.54, 1.807) is 31.1 Å². The number of methoxy groups -OCH3 is 1. The number of nitrogens with zero attached hydrogens (tertiary/aromatic N) is 1. The van der Waals surface area contributed by atoms with Crippen molar-refractivity contribution in [2.45, 2.75) is 10.6 Å². The summed E-state index contributed by atoms with van der Waals surface area (Å²) in [4.78, 5) is 5.29. The Hall–Kier alpha value is -1.39. The fraction of sp³-hybridized carbons (Fsp3) is 0.154. The second kappa shape index (κ2) is 5.98. The minimum atomic E-state index is 0.692. The van der Waals surface area contributed by atoms with Gasteiger partial charge in [-0.1, -0.05) is 11.6 Å². The van der Waals surface area contributed by atoms with Crippen molar-refractivity contribution in [2.24, 2.45) is 0 Å². The first-order chi connectivity index (χ1) is 8.69. The smallest absolute Gasteiger partial charge is 0.134 e. The second-order valence-corrected chi connectivity index (χ2v) is 5.12. The van der Waals surface area contributed by atoms with E-state index in [1.165, 1.54) is 0 Å². The van der Waals surface area contributed by atoms with Crippen molar-refractivity contribution in [3.63, 3.8) is 0 Å². The van der Waals surface area contributed by atoms with Crippen LogP contribution in [0, 0.1) is 0 Å². The van der Waals surface area contributed by atoms with Gasteiger partial charge in [0.2, 0.25) is 0 Å². The number of nitrogen functional groups attached to an aromatic ring is 1. The number of aromatic nitrogens is 1. The number of benzene rings is 1. The number of rotatable bonds is 4. The molecule has 0 radical (unpaired) electrons. The Balaban J connectivity index is 2.10. The fourth-order valence-electron chi connectivity index (χ4n) is 1.48. The molecule has 0 amide bonds. The predicted molar refractivity (Wildman–Crippen MR) is 76.2 cm³/mol. The molecule has 18 heavy (non-hydrogen) atoms. The predicted octanol–water partition coefficient (Wildman–Crippen LogP) is 3.62. The molecule has 3 nitrogen and oxygen atoms in total. The van der Waals surface area contributed by atoms with Crippen LogP contribution in [0.3, 0.4) is 0 Å². The minimum absolute atomic E-state index is 0.692. The number of nitrogens with two attached hydrogens (primary N) is 1. The molecule has 1 aromatic carbocycles. The van der Waals surface area contributed by atoms with Crippen molar-refractivity contribution >= 4 is 29.1 Å². The van der Waals surface area contributed by atoms with Crippen LogP contribution >= 0.6 is 23.4 Å². The molecule has 2 rings (SSSR count). The van der Waals surface area contributed by atoms with Crippen molar-refractivity contribution in [3.05, 3.63) is 47.2 Å². The van der Waals surface area contributed by atoms with E-state index in [2.05, 4.69) is 4.98 Å². The summed E-state index contributed by atoms with van der Waals surface area (Å²) in [6, 6.07) is 9.24. The molecule has 1 aromatic heterocycles. The third-order valence-corrected chi connectivity index (χ3v) is 3.67. The maximum Gasteiger partial charge on any atom is 0.134 e. The lowest BCUT2D eigenvalue weighted by Crippen LogP contribution is -1.91. The van der Waals surface area contributed by atoms with Crippen LogP contribution < -0.4 is 10.5 Å². The number of halogens is 1. The molecule has 5 heteroatoms. The van der Waals surface area contributed by atoms with Crippen molar-refractivity contribution in [1.82, 2.24) is 4.98 Å². The lowest BCUT2D eigenvalue weighted by Gasteiger charge is -2.08. The van der Waals surface area contributed by atoms with Gasteiger partial charge in [0.05, 0.1) is 12.8 Å². The van der Waals surface area contributed by atoms with Gasteiger partial charge in [-0.25, -0.2) is 0 Å². The first-order valence-corrected chi connectivity index (χ1v) is 6.72. The van der Waals surface area contributed by atoms with Gasteiger partial charge in [0.15, 0.2) is 0 Å². The summed E-state index contributed by atoms with van der Waals surface area (Å²) in [5.74, 6) is 1.52. The summed E-state index contributed by atoms with van der Waals surface area (Å²) in [6.07, 6.45) is 1.71. The van der Waals surface area contributed by atoms with E-state index in [0.717, 1.165) is 22.1 Å². The van der Waals surface area contributed by atoms with Crippen LogP contribution in [0.1, 0.15) is 5.69 Å². The minimum Gasteiger partial charge on any atom is -0.496 e. The molecule has 0 saturated heterocycles. The Morgan fingerprint density at radius 2 is 2.17 bits per heavy atom. The monoisotopic (exact) mass is 280 g/mol. The lowest BCUT2D eigenvalue weighted by atomic mass is 10.3. The van der Waals surface area contributed by atoms with Crippen molar-refractivity contribution in [3.8, 4) is 5.75 Å². The van der Waals surface area contributed by atoms with Gasteiger partial charge in [-0.15, -0.1) is 11.8 Å². The van der Waals surface area contributed by atoms with Crippen LogP contribution in [0.25, 0.3) is 0 Å². The molecule has 0 spiro atoms. The Kier molecular flexibility index (Phi) is 4.33. The standard InChI is InChI=1S/C13H13ClN2OS/c1-17-12-7-10(15)2-3-13(12)18-8-11-6-9(14)4-5-16-11/h2-7H,8,15H2,1H3. The summed E-state index contributed by atoms with van der Waals surface area (Å²) in [7, 11) is 1.64. The lowest BCUT2D eigenvalue weighted by molar-refractivity contribution is 0.405. The van der Waals surface area contributed by atoms with Crippen LogP contribution in [-0.2, 0) is 5.75 Å². The Morgan fingerprint density at radius 3 is 2.89 bits per heavy atom. The van der Waals surface area contributed by atoms with Crippen molar-refractivity contribution in [1.29, 1.82) is 0 Å². The molecule has 2 N–H and O–H groups in total. The Labute approximate surface area is 115 Å². The van der Waals surface area contributed by atoms with Gasteiger partial charge >= 0.3 is 0 Å². The number of thioether (sulfide) groups is 1. The molecular formula is C13H13ClN2OS. The fourth-order valence-corrected chi connectivity index (χ4v) is 2.58. The molecular weight excluding hydrogens is 268 g/mol. The number of ether oxygens (including phenoxy) is 1. The third kappa shape index (κ3) is 3.31. The molecule has 0 unspecified atom stereocenters. The first kappa shape index (κ1) is 13.1. The van der Waals surface area contributed by atoms with Gasteiger partial charge in [-0.2, -0.15) is 0 Å². The topological polar surface area (TPSA) is 48.1 Å². The molecule has 1 heterocycles. The SMILES string of the molecule is COc1cc(N)ccc1SCc1cc(Cl)ccn1. The van der Waals surface area contributed by atoms with Gasteiger partial charge in [0.1, 0.15) is 5.75 Å². The molecule has 0 bridgehead atoms. The van der Waals surface area contributed by atoms with Gasteiger partial charge < -0.3 is 10.5 Å². The van der Waals surface area contributed by atoms with E-state index in [4.69, 9.17) is 22.1 Å². The largest absolute Gasteiger partial charge is 0.496 e. The van der Waals surface area contributed by atoms with Crippen molar-refractivity contribution in [2.75, 3.05) is 12.8 Å². The zero-order valence-electron chi connectivity index (χ0n) is 9.89. The molecule has 0 aliphatic carbocycles. The van der Waals surface area contributed by atoms with Crippen LogP contribution in [-0.4, -0.2) is 12.1 Å². The molecule has 94 valence electrons. The summed E-state index contributed by atoms with van der Waals surface area (Å²) in [5.41, 5.74) is 7.34. The maximum atomic E-state index is 5.92. The molecule has 0 aliphatic heterocycles. The van der Waals surface area contributed by atoms with E-state index in [9.17, 15) is 0 Å². The van der Waals surface area contributed by atoms with Gasteiger partial charge in [-0.3, -0.25) is 4.98 Å². The van der Waals surface area contributed by atoms with E-state index in [-0.39, 0.29) is 0 Å². The Bertz CT molecular complexity index is 548. The summed E-state index contributed by atoms with van der Waals surface area (Å²) < 4.78 is 5.29. The van der Waals surface area contributed by atoms with E-state index in [1.807, 2.05) is 24.3 Å².